The average Bonchev–Trinajstić information content (AvgIpc) is 2.67. The van der Waals surface area contributed by atoms with E-state index in [1.807, 2.05) is 26.1 Å². The number of amides is 2. The molecule has 1 aromatic rings. The molecule has 0 bridgehead atoms. The van der Waals surface area contributed by atoms with E-state index in [2.05, 4.69) is 0 Å². The summed E-state index contributed by atoms with van der Waals surface area (Å²) < 4.78 is 82.9. The monoisotopic (exact) mass is 541 g/mol. The SMILES string of the molecule is COC(C)(C)C.Nc1c(NC(=O)C2C([S-])CCCN2C=O)cc(C(F)(F)F)cc1C(F)(F)F.[K+]. The van der Waals surface area contributed by atoms with Crippen molar-refractivity contribution in [2.45, 2.75) is 62.9 Å². The van der Waals surface area contributed by atoms with E-state index in [0.29, 0.717) is 25.3 Å². The first kappa shape index (κ1) is 33.5. The molecule has 0 saturated carbocycles. The van der Waals surface area contributed by atoms with Gasteiger partial charge in [0, 0.05) is 13.7 Å². The molecule has 3 N–H and O–H groups in total. The summed E-state index contributed by atoms with van der Waals surface area (Å²) in [5.74, 6) is -0.999. The van der Waals surface area contributed by atoms with Crippen molar-refractivity contribution in [3.05, 3.63) is 23.3 Å². The van der Waals surface area contributed by atoms with Gasteiger partial charge in [0.2, 0.25) is 12.3 Å². The Bertz CT molecular complexity index is 847. The predicted octanol–water partition coefficient (Wildman–Crippen LogP) is 1.22. The minimum Gasteiger partial charge on any atom is -0.787 e. The number of nitrogens with two attached hydrogens (primary N) is 1. The van der Waals surface area contributed by atoms with E-state index in [1.54, 1.807) is 7.11 Å². The number of benzene rings is 1. The number of likely N-dealkylation sites (tertiary alicyclic amines) is 1. The van der Waals surface area contributed by atoms with Gasteiger partial charge in [-0.25, -0.2) is 0 Å². The largest absolute Gasteiger partial charge is 1.00 e. The molecule has 188 valence electrons. The van der Waals surface area contributed by atoms with Crippen molar-refractivity contribution >= 4 is 36.3 Å². The number of alkyl halides is 6. The summed E-state index contributed by atoms with van der Waals surface area (Å²) in [5, 5.41) is 1.23. The Kier molecular flexibility index (Phi) is 13.0. The van der Waals surface area contributed by atoms with Crippen LogP contribution in [-0.4, -0.2) is 47.8 Å². The van der Waals surface area contributed by atoms with E-state index in [1.165, 1.54) is 0 Å². The molecule has 2 unspecified atom stereocenters. The standard InChI is InChI=1S/C15H15F6N3O2S.C5H12O.K/c16-14(17,18)7-4-8(15(19,20)21)11(22)9(5-7)23-13(26)12-10(27)2-1-3-24(12)6-25;1-5(2,3)6-4;/h4-6,10,12,27H,1-3,22H2,(H,23,26);1-4H3;/q;;+1/p-1. The number of nitrogen functional groups attached to an aromatic ring is 1. The Labute approximate surface area is 242 Å². The predicted molar refractivity (Wildman–Crippen MR) is 113 cm³/mol. The number of hydrogen-bond acceptors (Lipinski definition) is 5. The molecule has 0 radical (unpaired) electrons. The molecule has 2 rings (SSSR count). The zero-order valence-corrected chi connectivity index (χ0v) is 23.4. The van der Waals surface area contributed by atoms with E-state index >= 15 is 0 Å². The fourth-order valence-electron chi connectivity index (χ4n) is 2.78. The molecule has 6 nitrogen and oxygen atoms in total. The fourth-order valence-corrected chi connectivity index (χ4v) is 3.23. The number of carbonyl (C=O) groups is 2. The van der Waals surface area contributed by atoms with Gasteiger partial charge < -0.3 is 33.3 Å². The molecule has 14 heteroatoms. The van der Waals surface area contributed by atoms with Crippen molar-refractivity contribution in [1.29, 1.82) is 0 Å². The summed E-state index contributed by atoms with van der Waals surface area (Å²) >= 11 is 5.10. The first-order chi connectivity index (χ1) is 14.9. The van der Waals surface area contributed by atoms with Crippen LogP contribution in [0.15, 0.2) is 12.1 Å². The van der Waals surface area contributed by atoms with Crippen LogP contribution in [0, 0.1) is 0 Å². The van der Waals surface area contributed by atoms with Crippen LogP contribution >= 0.6 is 0 Å². The molecule has 1 aromatic carbocycles. The summed E-state index contributed by atoms with van der Waals surface area (Å²) in [6.45, 7) is 6.26. The van der Waals surface area contributed by atoms with Gasteiger partial charge in [-0.1, -0.05) is 6.42 Å². The van der Waals surface area contributed by atoms with E-state index in [0.717, 1.165) is 4.90 Å². The van der Waals surface area contributed by atoms with Gasteiger partial charge in [0.1, 0.15) is 0 Å². The number of hydrogen-bond donors (Lipinski definition) is 2. The van der Waals surface area contributed by atoms with Crippen LogP contribution in [0.5, 0.6) is 0 Å². The summed E-state index contributed by atoms with van der Waals surface area (Å²) in [5.41, 5.74) is 0.144. The smallest absolute Gasteiger partial charge is 0.787 e. The number of rotatable bonds is 3. The quantitative estimate of drug-likeness (QED) is 0.198. The Hall–Kier alpha value is -0.514. The van der Waals surface area contributed by atoms with Crippen molar-refractivity contribution in [3.63, 3.8) is 0 Å². The van der Waals surface area contributed by atoms with Gasteiger partial charge in [-0.3, -0.25) is 9.59 Å². The molecule has 2 amide bonds. The third-order valence-electron chi connectivity index (χ3n) is 4.70. The number of ether oxygens (including phenoxy) is 1. The zero-order chi connectivity index (χ0) is 25.8. The van der Waals surface area contributed by atoms with Crippen LogP contribution in [0.3, 0.4) is 0 Å². The molecule has 1 aliphatic rings. The topological polar surface area (TPSA) is 84.7 Å². The minimum atomic E-state index is -5.16. The molecule has 34 heavy (non-hydrogen) atoms. The van der Waals surface area contributed by atoms with Crippen molar-refractivity contribution in [1.82, 2.24) is 4.90 Å². The number of nitrogens with zero attached hydrogens (tertiary/aromatic N) is 1. The summed E-state index contributed by atoms with van der Waals surface area (Å²) in [7, 11) is 1.71. The fraction of sp³-hybridized carbons (Fsp3) is 0.600. The second-order valence-corrected chi connectivity index (χ2v) is 8.86. The Morgan fingerprint density at radius 1 is 1.18 bits per heavy atom. The second kappa shape index (κ2) is 13.2. The number of halogens is 6. The van der Waals surface area contributed by atoms with Crippen LogP contribution in [0.25, 0.3) is 0 Å². The Morgan fingerprint density at radius 3 is 2.12 bits per heavy atom. The number of methoxy groups -OCH3 is 1. The van der Waals surface area contributed by atoms with Crippen LogP contribution in [0.4, 0.5) is 37.7 Å². The van der Waals surface area contributed by atoms with Crippen LogP contribution in [0.1, 0.15) is 44.7 Å². The molecule has 1 saturated heterocycles. The van der Waals surface area contributed by atoms with Crippen molar-refractivity contribution in [3.8, 4) is 0 Å². The number of piperidine rings is 1. The Balaban J connectivity index is 0.00000138. The molecule has 1 heterocycles. The van der Waals surface area contributed by atoms with Gasteiger partial charge >= 0.3 is 63.7 Å². The van der Waals surface area contributed by atoms with E-state index in [4.69, 9.17) is 23.1 Å². The number of nitrogens with one attached hydrogen (secondary N) is 1. The molecule has 2 atom stereocenters. The number of anilines is 2. The van der Waals surface area contributed by atoms with Crippen LogP contribution < -0.4 is 62.4 Å². The molecule has 0 spiro atoms. The molecule has 0 aliphatic carbocycles. The normalized spacial score (nSPS) is 18.9. The summed E-state index contributed by atoms with van der Waals surface area (Å²) in [4.78, 5) is 24.6. The second-order valence-electron chi connectivity index (χ2n) is 8.26. The summed E-state index contributed by atoms with van der Waals surface area (Å²) in [6.07, 6.45) is -8.97. The van der Waals surface area contributed by atoms with E-state index in [-0.39, 0.29) is 69.6 Å². The van der Waals surface area contributed by atoms with E-state index < -0.39 is 52.1 Å². The molecular formula is C20H26F6KN3O3S. The van der Waals surface area contributed by atoms with Gasteiger partial charge in [-0.15, -0.1) is 5.25 Å². The van der Waals surface area contributed by atoms with Gasteiger partial charge in [0.25, 0.3) is 0 Å². The molecular weight excluding hydrogens is 515 g/mol. The first-order valence-electron chi connectivity index (χ1n) is 9.73. The van der Waals surface area contributed by atoms with Crippen molar-refractivity contribution < 1.29 is 92.1 Å². The van der Waals surface area contributed by atoms with Crippen LogP contribution in [0.2, 0.25) is 0 Å². The van der Waals surface area contributed by atoms with E-state index in [9.17, 15) is 35.9 Å². The van der Waals surface area contributed by atoms with Gasteiger partial charge in [-0.2, -0.15) is 26.3 Å². The van der Waals surface area contributed by atoms with Gasteiger partial charge in [0.15, 0.2) is 0 Å². The molecule has 0 aromatic heterocycles. The van der Waals surface area contributed by atoms with Gasteiger partial charge in [0.05, 0.1) is 34.1 Å². The van der Waals surface area contributed by atoms with Gasteiger partial charge in [-0.05, 0) is 39.3 Å². The first-order valence-corrected chi connectivity index (χ1v) is 10.2. The Morgan fingerprint density at radius 2 is 1.71 bits per heavy atom. The maximum absolute atomic E-state index is 13.0. The molecule has 1 aliphatic heterocycles. The molecule has 1 fully saturated rings. The third-order valence-corrected chi connectivity index (χ3v) is 5.19. The van der Waals surface area contributed by atoms with Crippen molar-refractivity contribution in [2.75, 3.05) is 24.7 Å². The van der Waals surface area contributed by atoms with Crippen LogP contribution in [-0.2, 0) is 39.3 Å². The maximum atomic E-state index is 13.0. The third kappa shape index (κ3) is 9.86. The zero-order valence-electron chi connectivity index (χ0n) is 19.4. The number of carbonyl (C=O) groups excluding carboxylic acids is 2. The maximum Gasteiger partial charge on any atom is 1.00 e. The van der Waals surface area contributed by atoms with Crippen molar-refractivity contribution in [2.24, 2.45) is 0 Å². The minimum absolute atomic E-state index is 0. The average molecular weight is 542 g/mol. The summed E-state index contributed by atoms with van der Waals surface area (Å²) in [6, 6.07) is -1.01.